The molecule has 84 valence electrons. The number of hydrogen-bond donors (Lipinski definition) is 1. The maximum Gasteiger partial charge on any atom is 0.0830 e. The molecule has 0 amide bonds. The van der Waals surface area contributed by atoms with Gasteiger partial charge in [-0.25, -0.2) is 4.98 Å². The van der Waals surface area contributed by atoms with Crippen LogP contribution in [0.15, 0.2) is 46.3 Å². The third-order valence-corrected chi connectivity index (χ3v) is 4.28. The van der Waals surface area contributed by atoms with Crippen molar-refractivity contribution in [2.24, 2.45) is 0 Å². The summed E-state index contributed by atoms with van der Waals surface area (Å²) in [4.78, 5) is 5.75. The zero-order valence-electron chi connectivity index (χ0n) is 8.85. The van der Waals surface area contributed by atoms with Gasteiger partial charge in [0.1, 0.15) is 0 Å². The number of nitrogens with two attached hydrogens (primary N) is 1. The number of benzene rings is 1. The first kappa shape index (κ1) is 10.7. The maximum absolute atomic E-state index is 6.05. The number of nitrogens with zero attached hydrogens (tertiary/aromatic N) is 1. The molecule has 1 aromatic carbocycles. The summed E-state index contributed by atoms with van der Waals surface area (Å²) in [7, 11) is 0. The van der Waals surface area contributed by atoms with Crippen LogP contribution in [0.4, 0.5) is 5.69 Å². The number of anilines is 1. The first-order valence-electron chi connectivity index (χ1n) is 5.14. The van der Waals surface area contributed by atoms with E-state index in [0.717, 1.165) is 31.6 Å². The van der Waals surface area contributed by atoms with E-state index in [1.165, 1.54) is 0 Å². The molecular formula is C13H9BrN2S. The summed E-state index contributed by atoms with van der Waals surface area (Å²) in [6.07, 6.45) is 0. The van der Waals surface area contributed by atoms with Gasteiger partial charge in [-0.1, -0.05) is 18.2 Å². The molecule has 0 bridgehead atoms. The lowest BCUT2D eigenvalue weighted by Crippen LogP contribution is -1.91. The molecule has 0 radical (unpaired) electrons. The molecule has 0 saturated heterocycles. The van der Waals surface area contributed by atoms with Gasteiger partial charge in [-0.2, -0.15) is 0 Å². The van der Waals surface area contributed by atoms with Gasteiger partial charge in [-0.3, -0.25) is 0 Å². The fourth-order valence-electron chi connectivity index (χ4n) is 1.78. The summed E-state index contributed by atoms with van der Waals surface area (Å²) in [6, 6.07) is 11.9. The molecule has 0 saturated carbocycles. The van der Waals surface area contributed by atoms with E-state index >= 15 is 0 Å². The third-order valence-electron chi connectivity index (χ3n) is 2.57. The highest BCUT2D eigenvalue weighted by molar-refractivity contribution is 9.10. The lowest BCUT2D eigenvalue weighted by molar-refractivity contribution is 1.42. The van der Waals surface area contributed by atoms with Gasteiger partial charge in [0.15, 0.2) is 0 Å². The predicted octanol–water partition coefficient (Wildman–Crippen LogP) is 4.31. The minimum atomic E-state index is 0.773. The first-order chi connectivity index (χ1) is 8.24. The van der Waals surface area contributed by atoms with E-state index in [1.807, 2.05) is 35.7 Å². The zero-order chi connectivity index (χ0) is 11.8. The van der Waals surface area contributed by atoms with Crippen LogP contribution in [-0.2, 0) is 0 Å². The van der Waals surface area contributed by atoms with E-state index in [0.29, 0.717) is 0 Å². The van der Waals surface area contributed by atoms with Crippen LogP contribution in [0.1, 0.15) is 0 Å². The molecule has 3 aromatic rings. The van der Waals surface area contributed by atoms with Crippen molar-refractivity contribution in [3.63, 3.8) is 0 Å². The highest BCUT2D eigenvalue weighted by Crippen LogP contribution is 2.31. The molecule has 0 spiro atoms. The SMILES string of the molecule is Nc1cc(-c2cc(Br)cs2)nc2ccccc12. The van der Waals surface area contributed by atoms with Gasteiger partial charge >= 0.3 is 0 Å². The Kier molecular flexibility index (Phi) is 2.61. The second-order valence-corrected chi connectivity index (χ2v) is 5.57. The molecule has 3 rings (SSSR count). The molecule has 0 unspecified atom stereocenters. The average Bonchev–Trinajstić information content (AvgIpc) is 2.76. The summed E-state index contributed by atoms with van der Waals surface area (Å²) < 4.78 is 1.08. The van der Waals surface area contributed by atoms with Crippen molar-refractivity contribution in [2.45, 2.75) is 0 Å². The highest BCUT2D eigenvalue weighted by Gasteiger charge is 2.06. The number of nitrogen functional groups attached to an aromatic ring is 1. The Bertz CT molecular complexity index is 691. The number of pyridine rings is 1. The van der Waals surface area contributed by atoms with E-state index in [9.17, 15) is 0 Å². The zero-order valence-corrected chi connectivity index (χ0v) is 11.3. The van der Waals surface area contributed by atoms with Crippen LogP contribution in [-0.4, -0.2) is 4.98 Å². The van der Waals surface area contributed by atoms with Crippen molar-refractivity contribution in [1.82, 2.24) is 4.98 Å². The Morgan fingerprint density at radius 3 is 2.76 bits per heavy atom. The number of aromatic nitrogens is 1. The van der Waals surface area contributed by atoms with Crippen molar-refractivity contribution in [3.05, 3.63) is 46.3 Å². The third kappa shape index (κ3) is 1.94. The highest BCUT2D eigenvalue weighted by atomic mass is 79.9. The van der Waals surface area contributed by atoms with Crippen molar-refractivity contribution >= 4 is 43.9 Å². The van der Waals surface area contributed by atoms with Crippen LogP contribution in [0.5, 0.6) is 0 Å². The summed E-state index contributed by atoms with van der Waals surface area (Å²) in [5, 5.41) is 3.05. The Morgan fingerprint density at radius 2 is 2.00 bits per heavy atom. The van der Waals surface area contributed by atoms with E-state index in [2.05, 4.69) is 27.0 Å². The maximum atomic E-state index is 6.05. The Morgan fingerprint density at radius 1 is 1.18 bits per heavy atom. The average molecular weight is 305 g/mol. The molecule has 0 atom stereocenters. The van der Waals surface area contributed by atoms with Crippen molar-refractivity contribution in [3.8, 4) is 10.6 Å². The first-order valence-corrected chi connectivity index (χ1v) is 6.81. The largest absolute Gasteiger partial charge is 0.398 e. The summed E-state index contributed by atoms with van der Waals surface area (Å²) in [5.74, 6) is 0. The van der Waals surface area contributed by atoms with Crippen LogP contribution >= 0.6 is 27.3 Å². The number of halogens is 1. The number of para-hydroxylation sites is 1. The standard InChI is InChI=1S/C13H9BrN2S/c14-8-5-13(17-7-8)12-6-10(15)9-3-1-2-4-11(9)16-12/h1-7H,(H2,15,16). The summed E-state index contributed by atoms with van der Waals surface area (Å²) >= 11 is 5.10. The molecule has 0 aliphatic heterocycles. The van der Waals surface area contributed by atoms with Gasteiger partial charge in [0.2, 0.25) is 0 Å². The van der Waals surface area contributed by atoms with E-state index in [4.69, 9.17) is 5.73 Å². The van der Waals surface area contributed by atoms with Crippen molar-refractivity contribution < 1.29 is 0 Å². The van der Waals surface area contributed by atoms with Crippen LogP contribution in [0.2, 0.25) is 0 Å². The van der Waals surface area contributed by atoms with Gasteiger partial charge in [-0.15, -0.1) is 11.3 Å². The molecular weight excluding hydrogens is 296 g/mol. The smallest absolute Gasteiger partial charge is 0.0830 e. The molecule has 2 aromatic heterocycles. The Labute approximate surface area is 111 Å². The summed E-state index contributed by atoms with van der Waals surface area (Å²) in [6.45, 7) is 0. The van der Waals surface area contributed by atoms with Gasteiger partial charge in [-0.05, 0) is 34.1 Å². The molecule has 17 heavy (non-hydrogen) atoms. The second kappa shape index (κ2) is 4.13. The monoisotopic (exact) mass is 304 g/mol. The van der Waals surface area contributed by atoms with Gasteiger partial charge in [0.05, 0.1) is 16.1 Å². The quantitative estimate of drug-likeness (QED) is 0.727. The molecule has 2 N–H and O–H groups in total. The van der Waals surface area contributed by atoms with Gasteiger partial charge in [0, 0.05) is 20.9 Å². The minimum absolute atomic E-state index is 0.773. The lowest BCUT2D eigenvalue weighted by atomic mass is 10.1. The molecule has 0 fully saturated rings. The van der Waals surface area contributed by atoms with Gasteiger partial charge in [0.25, 0.3) is 0 Å². The fourth-order valence-corrected chi connectivity index (χ4v) is 3.16. The lowest BCUT2D eigenvalue weighted by Gasteiger charge is -2.04. The van der Waals surface area contributed by atoms with E-state index < -0.39 is 0 Å². The topological polar surface area (TPSA) is 38.9 Å². The van der Waals surface area contributed by atoms with Crippen molar-refractivity contribution in [1.29, 1.82) is 0 Å². The number of thiophene rings is 1. The molecule has 0 aliphatic carbocycles. The molecule has 4 heteroatoms. The minimum Gasteiger partial charge on any atom is -0.398 e. The normalized spacial score (nSPS) is 10.9. The number of fused-ring (bicyclic) bond motifs is 1. The van der Waals surface area contributed by atoms with Crippen LogP contribution in [0, 0.1) is 0 Å². The summed E-state index contributed by atoms with van der Waals surface area (Å²) in [5.41, 5.74) is 8.69. The van der Waals surface area contributed by atoms with Crippen LogP contribution in [0.3, 0.4) is 0 Å². The fraction of sp³-hybridized carbons (Fsp3) is 0. The van der Waals surface area contributed by atoms with E-state index in [1.54, 1.807) is 11.3 Å². The Balaban J connectivity index is 2.25. The van der Waals surface area contributed by atoms with Gasteiger partial charge < -0.3 is 5.73 Å². The molecule has 2 heterocycles. The number of rotatable bonds is 1. The molecule has 2 nitrogen and oxygen atoms in total. The number of hydrogen-bond acceptors (Lipinski definition) is 3. The Hall–Kier alpha value is -1.39. The van der Waals surface area contributed by atoms with Crippen LogP contribution < -0.4 is 5.73 Å². The predicted molar refractivity (Wildman–Crippen MR) is 77.2 cm³/mol. The van der Waals surface area contributed by atoms with Crippen molar-refractivity contribution in [2.75, 3.05) is 5.73 Å². The second-order valence-electron chi connectivity index (χ2n) is 3.74. The van der Waals surface area contributed by atoms with Crippen LogP contribution in [0.25, 0.3) is 21.5 Å². The van der Waals surface area contributed by atoms with E-state index in [-0.39, 0.29) is 0 Å². The molecule has 0 aliphatic rings.